The quantitative estimate of drug-likeness (QED) is 0.658. The lowest BCUT2D eigenvalue weighted by Gasteiger charge is -2.19. The second-order valence-electron chi connectivity index (χ2n) is 3.87. The second-order valence-corrected chi connectivity index (χ2v) is 3.87. The van der Waals surface area contributed by atoms with Gasteiger partial charge in [0.1, 0.15) is 0 Å². The third-order valence-corrected chi connectivity index (χ3v) is 2.78. The fourth-order valence-corrected chi connectivity index (χ4v) is 1.90. The first-order valence-corrected chi connectivity index (χ1v) is 5.07. The van der Waals surface area contributed by atoms with Gasteiger partial charge in [-0.15, -0.1) is 0 Å². The lowest BCUT2D eigenvalue weighted by molar-refractivity contribution is -0.115. The molecule has 0 heterocycles. The van der Waals surface area contributed by atoms with Crippen LogP contribution in [0.3, 0.4) is 0 Å². The van der Waals surface area contributed by atoms with Crippen LogP contribution in [0.1, 0.15) is 25.3 Å². The van der Waals surface area contributed by atoms with Crippen molar-refractivity contribution >= 4 is 11.4 Å². The fourth-order valence-electron chi connectivity index (χ4n) is 1.90. The Morgan fingerprint density at radius 3 is 2.64 bits per heavy atom. The van der Waals surface area contributed by atoms with E-state index in [4.69, 9.17) is 0 Å². The maximum absolute atomic E-state index is 11.3. The van der Waals surface area contributed by atoms with Gasteiger partial charge >= 0.3 is 0 Å². The van der Waals surface area contributed by atoms with E-state index in [1.807, 2.05) is 24.3 Å². The van der Waals surface area contributed by atoms with Crippen molar-refractivity contribution < 1.29 is 4.79 Å². The molecule has 72 valence electrons. The van der Waals surface area contributed by atoms with Crippen molar-refractivity contribution in [3.63, 3.8) is 0 Å². The van der Waals surface area contributed by atoms with Crippen LogP contribution in [0.5, 0.6) is 0 Å². The summed E-state index contributed by atoms with van der Waals surface area (Å²) >= 11 is 0. The summed E-state index contributed by atoms with van der Waals surface area (Å²) in [5.41, 5.74) is 2.38. The largest absolute Gasteiger partial charge is 0.295 e. The topological polar surface area (TPSA) is 17.1 Å². The van der Waals surface area contributed by atoms with Crippen LogP contribution in [0.2, 0.25) is 0 Å². The van der Waals surface area contributed by atoms with E-state index in [-0.39, 0.29) is 5.78 Å². The average molecular weight is 186 g/mol. The number of allylic oxidation sites excluding steroid dienone is 2. The van der Waals surface area contributed by atoms with E-state index < -0.39 is 0 Å². The molecule has 0 unspecified atom stereocenters. The van der Waals surface area contributed by atoms with E-state index in [2.05, 4.69) is 19.1 Å². The van der Waals surface area contributed by atoms with E-state index in [0.717, 1.165) is 6.42 Å². The highest BCUT2D eigenvalue weighted by Gasteiger charge is 2.18. The minimum Gasteiger partial charge on any atom is -0.295 e. The summed E-state index contributed by atoms with van der Waals surface area (Å²) in [6.45, 7) is 2.19. The van der Waals surface area contributed by atoms with Gasteiger partial charge in [0, 0.05) is 6.42 Å². The predicted molar refractivity (Wildman–Crippen MR) is 57.8 cm³/mol. The molecule has 0 bridgehead atoms. The Bertz CT molecular complexity index is 362. The van der Waals surface area contributed by atoms with Gasteiger partial charge in [0.2, 0.25) is 0 Å². The molecule has 1 aliphatic carbocycles. The van der Waals surface area contributed by atoms with Crippen LogP contribution in [0.4, 0.5) is 0 Å². The molecule has 0 N–H and O–H groups in total. The van der Waals surface area contributed by atoms with E-state index in [0.29, 0.717) is 12.3 Å². The number of hydrogen-bond acceptors (Lipinski definition) is 1. The average Bonchev–Trinajstić information content (AvgIpc) is 2.23. The second kappa shape index (κ2) is 3.79. The SMILES string of the molecule is C[C@@H]1CCC(=O)C=C1c1ccccc1. The Labute approximate surface area is 84.5 Å². The van der Waals surface area contributed by atoms with Crippen molar-refractivity contribution in [2.75, 3.05) is 0 Å². The van der Waals surface area contributed by atoms with Gasteiger partial charge in [-0.2, -0.15) is 0 Å². The Hall–Kier alpha value is -1.37. The summed E-state index contributed by atoms with van der Waals surface area (Å²) in [6.07, 6.45) is 3.50. The fraction of sp³-hybridized carbons (Fsp3) is 0.308. The molecule has 0 amide bonds. The predicted octanol–water partition coefficient (Wildman–Crippen LogP) is 3.07. The minimum atomic E-state index is 0.266. The molecular weight excluding hydrogens is 172 g/mol. The van der Waals surface area contributed by atoms with Crippen LogP contribution < -0.4 is 0 Å². The number of carbonyl (C=O) groups is 1. The molecule has 0 radical (unpaired) electrons. The van der Waals surface area contributed by atoms with Crippen molar-refractivity contribution in [2.45, 2.75) is 19.8 Å². The summed E-state index contributed by atoms with van der Waals surface area (Å²) in [5, 5.41) is 0. The van der Waals surface area contributed by atoms with Crippen molar-refractivity contribution in [2.24, 2.45) is 5.92 Å². The summed E-state index contributed by atoms with van der Waals surface area (Å²) in [7, 11) is 0. The van der Waals surface area contributed by atoms with Crippen LogP contribution in [0.15, 0.2) is 36.4 Å². The van der Waals surface area contributed by atoms with Gasteiger partial charge in [-0.05, 0) is 29.6 Å². The Kier molecular flexibility index (Phi) is 2.49. The van der Waals surface area contributed by atoms with Gasteiger partial charge in [0.15, 0.2) is 5.78 Å². The van der Waals surface area contributed by atoms with Gasteiger partial charge in [-0.1, -0.05) is 37.3 Å². The molecule has 14 heavy (non-hydrogen) atoms. The molecule has 1 aromatic carbocycles. The summed E-state index contributed by atoms with van der Waals surface area (Å²) < 4.78 is 0. The molecule has 1 aliphatic rings. The number of rotatable bonds is 1. The van der Waals surface area contributed by atoms with Crippen molar-refractivity contribution in [1.82, 2.24) is 0 Å². The van der Waals surface area contributed by atoms with E-state index in [1.165, 1.54) is 11.1 Å². The lowest BCUT2D eigenvalue weighted by Crippen LogP contribution is -2.10. The molecule has 0 aromatic heterocycles. The molecule has 1 atom stereocenters. The molecule has 1 aromatic rings. The van der Waals surface area contributed by atoms with Gasteiger partial charge < -0.3 is 0 Å². The maximum Gasteiger partial charge on any atom is 0.156 e. The zero-order valence-electron chi connectivity index (χ0n) is 8.36. The summed E-state index contributed by atoms with van der Waals surface area (Å²) in [5.74, 6) is 0.775. The lowest BCUT2D eigenvalue weighted by atomic mass is 9.84. The van der Waals surface area contributed by atoms with Gasteiger partial charge in [0.25, 0.3) is 0 Å². The molecular formula is C13H14O. The number of hydrogen-bond donors (Lipinski definition) is 0. The van der Waals surface area contributed by atoms with Gasteiger partial charge in [-0.25, -0.2) is 0 Å². The van der Waals surface area contributed by atoms with Crippen molar-refractivity contribution in [1.29, 1.82) is 0 Å². The Morgan fingerprint density at radius 1 is 1.21 bits per heavy atom. The Balaban J connectivity index is 2.37. The first-order valence-electron chi connectivity index (χ1n) is 5.07. The van der Waals surface area contributed by atoms with Crippen LogP contribution in [-0.2, 0) is 4.79 Å². The van der Waals surface area contributed by atoms with E-state index in [1.54, 1.807) is 0 Å². The van der Waals surface area contributed by atoms with Crippen LogP contribution in [0.25, 0.3) is 5.57 Å². The first kappa shape index (κ1) is 9.20. The van der Waals surface area contributed by atoms with Crippen LogP contribution in [-0.4, -0.2) is 5.78 Å². The molecule has 2 rings (SSSR count). The Morgan fingerprint density at radius 2 is 1.93 bits per heavy atom. The van der Waals surface area contributed by atoms with E-state index in [9.17, 15) is 4.79 Å². The molecule has 0 saturated carbocycles. The smallest absolute Gasteiger partial charge is 0.156 e. The standard InChI is InChI=1S/C13H14O/c1-10-7-8-12(14)9-13(10)11-5-3-2-4-6-11/h2-6,9-10H,7-8H2,1H3/t10-/m1/s1. The third-order valence-electron chi connectivity index (χ3n) is 2.78. The summed E-state index contributed by atoms with van der Waals surface area (Å²) in [4.78, 5) is 11.3. The zero-order chi connectivity index (χ0) is 9.97. The number of carbonyl (C=O) groups excluding carboxylic acids is 1. The molecule has 0 aliphatic heterocycles. The van der Waals surface area contributed by atoms with Crippen molar-refractivity contribution in [3.05, 3.63) is 42.0 Å². The highest BCUT2D eigenvalue weighted by Crippen LogP contribution is 2.30. The van der Waals surface area contributed by atoms with E-state index >= 15 is 0 Å². The monoisotopic (exact) mass is 186 g/mol. The van der Waals surface area contributed by atoms with Crippen LogP contribution >= 0.6 is 0 Å². The van der Waals surface area contributed by atoms with Gasteiger partial charge in [0.05, 0.1) is 0 Å². The van der Waals surface area contributed by atoms with Crippen molar-refractivity contribution in [3.8, 4) is 0 Å². The summed E-state index contributed by atoms with van der Waals surface area (Å²) in [6, 6.07) is 10.2. The number of benzene rings is 1. The maximum atomic E-state index is 11.3. The van der Waals surface area contributed by atoms with Crippen LogP contribution in [0, 0.1) is 5.92 Å². The highest BCUT2D eigenvalue weighted by atomic mass is 16.1. The normalized spacial score (nSPS) is 21.9. The molecule has 0 saturated heterocycles. The number of ketones is 1. The molecule has 0 fully saturated rings. The molecule has 1 nitrogen and oxygen atoms in total. The molecule has 1 heteroatoms. The highest BCUT2D eigenvalue weighted by molar-refractivity contribution is 5.98. The first-order chi connectivity index (χ1) is 6.77. The molecule has 0 spiro atoms. The third kappa shape index (κ3) is 1.77. The zero-order valence-corrected chi connectivity index (χ0v) is 8.36. The van der Waals surface area contributed by atoms with Gasteiger partial charge in [-0.3, -0.25) is 4.79 Å². The minimum absolute atomic E-state index is 0.266.